The van der Waals surface area contributed by atoms with Crippen LogP contribution in [0.3, 0.4) is 0 Å². The summed E-state index contributed by atoms with van der Waals surface area (Å²) in [5, 5.41) is 11.7. The third kappa shape index (κ3) is 19.1. The summed E-state index contributed by atoms with van der Waals surface area (Å²) in [6, 6.07) is 34.9. The van der Waals surface area contributed by atoms with Gasteiger partial charge in [-0.2, -0.15) is 0 Å². The van der Waals surface area contributed by atoms with Crippen LogP contribution in [0.2, 0.25) is 0 Å². The lowest BCUT2D eigenvalue weighted by atomic mass is 9.78. The second-order valence-corrected chi connectivity index (χ2v) is 24.8. The molecule has 3 fully saturated rings. The monoisotopic (exact) mass is 1290 g/mol. The molecule has 3 aliphatic rings. The van der Waals surface area contributed by atoms with Crippen LogP contribution in [0, 0.1) is 17.8 Å². The standard InChI is InChI=1S/C69H91NO22/c1-14-53-69(10,92-66(77)82-41-51-33-25-18-26-34-51)58(89-64(75)80-39-49-29-21-16-22-30-49)46(6)61(73)91-68(9,36-42(2)71)57(88-62-56(52(70(11)12)35-43(3)83-62)87-63(74)79-38-48-27-19-15-20-28-48)44(4)55(45(5)60(72)85-53)86-54-37-67(8,78-13)59(47(7)84-54)90-65(76)81-40-50-31-23-17-24-32-50/h15-34,42-47,52-59,62,71H,14,35-41H2,1-13H3/t42-,43-,44+,45-,46+,47+,52+,53+,54+,55+,56-,57?,58-,59+,62+,67-,68-,69-/m1/s1. The van der Waals surface area contributed by atoms with Crippen molar-refractivity contribution in [2.45, 2.75) is 212 Å². The van der Waals surface area contributed by atoms with E-state index < -0.39 is 145 Å². The molecular weight excluding hydrogens is 1190 g/mol. The van der Waals surface area contributed by atoms with Gasteiger partial charge in [-0.25, -0.2) is 19.2 Å². The Morgan fingerprint density at radius 2 is 1.08 bits per heavy atom. The van der Waals surface area contributed by atoms with E-state index in [0.29, 0.717) is 23.1 Å². The number of likely N-dealkylation sites (N-methyl/N-ethyl adjacent to an activating group) is 1. The molecule has 1 N–H and O–H groups in total. The molecule has 504 valence electrons. The van der Waals surface area contributed by atoms with Gasteiger partial charge in [0.1, 0.15) is 49.8 Å². The highest BCUT2D eigenvalue weighted by molar-refractivity contribution is 5.75. The fourth-order valence-corrected chi connectivity index (χ4v) is 12.3. The number of cyclic esters (lactones) is 2. The Bertz CT molecular complexity index is 3000. The van der Waals surface area contributed by atoms with E-state index in [4.69, 9.17) is 71.1 Å². The van der Waals surface area contributed by atoms with Gasteiger partial charge in [0.05, 0.1) is 42.3 Å². The molecule has 4 aromatic rings. The van der Waals surface area contributed by atoms with Gasteiger partial charge in [-0.15, -0.1) is 0 Å². The lowest BCUT2D eigenvalue weighted by Gasteiger charge is -2.50. The Morgan fingerprint density at radius 3 is 1.53 bits per heavy atom. The molecule has 23 nitrogen and oxygen atoms in total. The SMILES string of the molecule is CC[C@@H]1OC(=O)[C@H](C)[C@@H](O[C@H]2C[C@@](C)(OC)[C@@H](OC(=O)OCc3ccccc3)[C@H](C)O2)[C@H](C)C(O[C@@H]2O[C@H](C)C[C@H](N(C)C)[C@H]2OC(=O)OCc2ccccc2)[C@@](C)(C[C@@H](C)O)OC(=O)[C@@H](C)[C@@H](OC(=O)OCc2ccccc2)[C@]1(C)OC(=O)OCc1ccccc1. The molecule has 7 rings (SSSR count). The van der Waals surface area contributed by atoms with Gasteiger partial charge in [0.25, 0.3) is 0 Å². The van der Waals surface area contributed by atoms with Gasteiger partial charge in [0, 0.05) is 25.9 Å². The quantitative estimate of drug-likeness (QED) is 0.0600. The van der Waals surface area contributed by atoms with Crippen LogP contribution in [0.15, 0.2) is 121 Å². The molecule has 23 heteroatoms. The molecule has 92 heavy (non-hydrogen) atoms. The van der Waals surface area contributed by atoms with Crippen LogP contribution in [0.5, 0.6) is 0 Å². The number of aliphatic hydroxyl groups excluding tert-OH is 1. The number of hydrogen-bond acceptors (Lipinski definition) is 23. The fraction of sp³-hybridized carbons (Fsp3) is 0.565. The third-order valence-corrected chi connectivity index (χ3v) is 17.2. The molecule has 0 aromatic heterocycles. The molecule has 0 radical (unpaired) electrons. The molecule has 3 aliphatic heterocycles. The lowest BCUT2D eigenvalue weighted by molar-refractivity contribution is -0.319. The average molecular weight is 1290 g/mol. The molecule has 3 heterocycles. The molecule has 18 atom stereocenters. The summed E-state index contributed by atoms with van der Waals surface area (Å²) in [4.78, 5) is 88.8. The van der Waals surface area contributed by atoms with Gasteiger partial charge in [-0.1, -0.05) is 135 Å². The summed E-state index contributed by atoms with van der Waals surface area (Å²) in [7, 11) is 5.03. The molecule has 1 unspecified atom stereocenters. The van der Waals surface area contributed by atoms with E-state index in [1.165, 1.54) is 41.7 Å². The van der Waals surface area contributed by atoms with Gasteiger partial charge in [-0.3, -0.25) is 9.59 Å². The Hall–Kier alpha value is -7.38. The first-order valence-electron chi connectivity index (χ1n) is 31.2. The lowest BCUT2D eigenvalue weighted by Crippen LogP contribution is -2.62. The van der Waals surface area contributed by atoms with Gasteiger partial charge >= 0.3 is 36.6 Å². The Labute approximate surface area is 538 Å². The zero-order valence-corrected chi connectivity index (χ0v) is 54.8. The highest BCUT2D eigenvalue weighted by Crippen LogP contribution is 2.44. The number of esters is 2. The zero-order valence-electron chi connectivity index (χ0n) is 54.8. The molecule has 0 bridgehead atoms. The molecule has 3 saturated heterocycles. The molecule has 0 spiro atoms. The van der Waals surface area contributed by atoms with Crippen molar-refractivity contribution in [3.8, 4) is 0 Å². The number of methoxy groups -OCH3 is 1. The van der Waals surface area contributed by atoms with Crippen LogP contribution in [-0.4, -0.2) is 158 Å². The van der Waals surface area contributed by atoms with Gasteiger partial charge < -0.3 is 81.1 Å². The van der Waals surface area contributed by atoms with Gasteiger partial charge in [0.15, 0.2) is 36.5 Å². The fourth-order valence-electron chi connectivity index (χ4n) is 12.3. The van der Waals surface area contributed by atoms with E-state index in [0.717, 1.165) is 5.56 Å². The summed E-state index contributed by atoms with van der Waals surface area (Å²) in [5.41, 5.74) is -3.05. The van der Waals surface area contributed by atoms with Crippen LogP contribution in [0.1, 0.15) is 117 Å². The minimum absolute atomic E-state index is 0.0701. The number of rotatable bonds is 21. The number of nitrogens with zero attached hydrogens (tertiary/aromatic N) is 1. The normalized spacial score (nSPS) is 31.5. The number of aliphatic hydroxyl groups is 1. The van der Waals surface area contributed by atoms with Gasteiger partial charge in [0.2, 0.25) is 0 Å². The van der Waals surface area contributed by atoms with Crippen molar-refractivity contribution in [3.05, 3.63) is 144 Å². The summed E-state index contributed by atoms with van der Waals surface area (Å²) in [6.07, 6.45) is -19.1. The highest BCUT2D eigenvalue weighted by Gasteiger charge is 2.59. The highest BCUT2D eigenvalue weighted by atomic mass is 16.8. The predicted molar refractivity (Wildman–Crippen MR) is 330 cm³/mol. The number of carbonyl (C=O) groups is 6. The van der Waals surface area contributed by atoms with Crippen molar-refractivity contribution in [1.29, 1.82) is 0 Å². The van der Waals surface area contributed by atoms with Crippen molar-refractivity contribution >= 4 is 36.6 Å². The summed E-state index contributed by atoms with van der Waals surface area (Å²) in [6.45, 7) is 15.0. The molecule has 0 aliphatic carbocycles. The summed E-state index contributed by atoms with van der Waals surface area (Å²) >= 11 is 0. The summed E-state index contributed by atoms with van der Waals surface area (Å²) in [5.74, 6) is -6.21. The third-order valence-electron chi connectivity index (χ3n) is 17.2. The van der Waals surface area contributed by atoms with E-state index in [-0.39, 0.29) is 45.7 Å². The van der Waals surface area contributed by atoms with Crippen LogP contribution >= 0.6 is 0 Å². The van der Waals surface area contributed by atoms with E-state index in [2.05, 4.69) is 0 Å². The largest absolute Gasteiger partial charge is 0.509 e. The minimum atomic E-state index is -2.30. The Morgan fingerprint density at radius 1 is 0.609 bits per heavy atom. The van der Waals surface area contributed by atoms with Crippen LogP contribution in [0.25, 0.3) is 0 Å². The summed E-state index contributed by atoms with van der Waals surface area (Å²) < 4.78 is 93.9. The van der Waals surface area contributed by atoms with Crippen molar-refractivity contribution in [3.63, 3.8) is 0 Å². The van der Waals surface area contributed by atoms with Crippen molar-refractivity contribution in [1.82, 2.24) is 4.90 Å². The maximum absolute atomic E-state index is 15.7. The maximum Gasteiger partial charge on any atom is 0.509 e. The number of ether oxygens (including phenoxy) is 15. The Kier molecular flexibility index (Phi) is 25.8. The second kappa shape index (κ2) is 32.9. The van der Waals surface area contributed by atoms with E-state index >= 15 is 9.59 Å². The topological polar surface area (TPSA) is 264 Å². The van der Waals surface area contributed by atoms with E-state index in [1.54, 1.807) is 139 Å². The first-order valence-corrected chi connectivity index (χ1v) is 31.2. The molecule has 0 saturated carbocycles. The minimum Gasteiger partial charge on any atom is -0.458 e. The predicted octanol–water partition coefficient (Wildman–Crippen LogP) is 11.0. The maximum atomic E-state index is 15.7. The van der Waals surface area contributed by atoms with Gasteiger partial charge in [-0.05, 0) is 105 Å². The zero-order chi connectivity index (χ0) is 66.9. The average Bonchev–Trinajstić information content (AvgIpc) is 1.13. The number of hydrogen-bond donors (Lipinski definition) is 1. The Balaban J connectivity index is 1.34. The van der Waals surface area contributed by atoms with Crippen LogP contribution in [0.4, 0.5) is 19.2 Å². The molecule has 4 aromatic carbocycles. The van der Waals surface area contributed by atoms with Crippen LogP contribution in [-0.2, 0) is 107 Å². The van der Waals surface area contributed by atoms with Crippen molar-refractivity contribution in [2.24, 2.45) is 17.8 Å². The smallest absolute Gasteiger partial charge is 0.458 e. The number of benzene rings is 4. The van der Waals surface area contributed by atoms with Crippen LogP contribution < -0.4 is 0 Å². The van der Waals surface area contributed by atoms with E-state index in [9.17, 15) is 24.3 Å². The van der Waals surface area contributed by atoms with Crippen molar-refractivity contribution in [2.75, 3.05) is 21.2 Å². The first-order chi connectivity index (χ1) is 43.8. The molecular formula is C69H91NO22. The van der Waals surface area contributed by atoms with E-state index in [1.807, 2.05) is 36.1 Å². The first kappa shape index (κ1) is 72.1. The van der Waals surface area contributed by atoms with Crippen molar-refractivity contribution < 1.29 is 105 Å². The molecule has 0 amide bonds. The second-order valence-electron chi connectivity index (χ2n) is 24.8. The number of carbonyl (C=O) groups excluding carboxylic acids is 6.